The molecule has 160 valence electrons. The van der Waals surface area contributed by atoms with Gasteiger partial charge in [0.1, 0.15) is 0 Å². The highest BCUT2D eigenvalue weighted by atomic mass is 35.5. The zero-order chi connectivity index (χ0) is 21.4. The molecule has 0 radical (unpaired) electrons. The molecule has 5 rings (SSSR count). The molecule has 0 aliphatic carbocycles. The number of piperidine rings is 1. The number of fused-ring (bicyclic) bond motifs is 2. The fourth-order valence-corrected chi connectivity index (χ4v) is 6.35. The van der Waals surface area contributed by atoms with Crippen LogP contribution in [0.25, 0.3) is 0 Å². The van der Waals surface area contributed by atoms with Crippen molar-refractivity contribution in [3.8, 4) is 0 Å². The normalized spacial score (nSPS) is 23.4. The van der Waals surface area contributed by atoms with Crippen molar-refractivity contribution in [1.82, 2.24) is 9.88 Å². The Labute approximate surface area is 199 Å². The summed E-state index contributed by atoms with van der Waals surface area (Å²) in [5.41, 5.74) is 3.53. The van der Waals surface area contributed by atoms with E-state index in [4.69, 9.17) is 28.2 Å². The first-order valence-electron chi connectivity index (χ1n) is 10.9. The lowest BCUT2D eigenvalue weighted by Gasteiger charge is -2.44. The smallest absolute Gasteiger partial charge is 0.0636 e. The molecule has 0 amide bonds. The number of nitrogens with zero attached hydrogens (tertiary/aromatic N) is 2. The highest BCUT2D eigenvalue weighted by Gasteiger charge is 2.46. The highest BCUT2D eigenvalue weighted by molar-refractivity contribution is 7.98. The number of halogens is 2. The van der Waals surface area contributed by atoms with Gasteiger partial charge in [-0.1, -0.05) is 59.6 Å². The number of benzene rings is 2. The quantitative estimate of drug-likeness (QED) is 0.358. The molecule has 2 bridgehead atoms. The maximum absolute atomic E-state index is 6.73. The summed E-state index contributed by atoms with van der Waals surface area (Å²) in [5.74, 6) is 0.516. The molecule has 2 aliphatic rings. The number of thioether (sulfide) groups is 1. The van der Waals surface area contributed by atoms with Crippen LogP contribution in [0.1, 0.15) is 54.5 Å². The zero-order valence-electron chi connectivity index (χ0n) is 17.5. The van der Waals surface area contributed by atoms with Crippen LogP contribution in [0.2, 0.25) is 10.0 Å². The van der Waals surface area contributed by atoms with Crippen LogP contribution in [0.4, 0.5) is 0 Å². The van der Waals surface area contributed by atoms with Crippen LogP contribution in [0.3, 0.4) is 0 Å². The van der Waals surface area contributed by atoms with E-state index in [0.717, 1.165) is 34.0 Å². The summed E-state index contributed by atoms with van der Waals surface area (Å²) >= 11 is 15.2. The Kier molecular flexibility index (Phi) is 6.30. The van der Waals surface area contributed by atoms with Crippen LogP contribution in [-0.4, -0.2) is 28.2 Å². The van der Waals surface area contributed by atoms with Crippen LogP contribution in [0.5, 0.6) is 0 Å². The van der Waals surface area contributed by atoms with E-state index in [9.17, 15) is 0 Å². The molecule has 3 heterocycles. The van der Waals surface area contributed by atoms with Crippen molar-refractivity contribution in [3.63, 3.8) is 0 Å². The van der Waals surface area contributed by atoms with Crippen molar-refractivity contribution in [2.45, 2.75) is 54.6 Å². The lowest BCUT2D eigenvalue weighted by atomic mass is 9.84. The molecule has 1 aromatic heterocycles. The standard InChI is InChI=1S/C26H26Cl2N2S/c1-31-20-12-13-25(29-16-20)17-14-18-10-11-19(15-17)30(18)26(21-6-2-4-8-23(21)27)22-7-3-5-9-24(22)28/h2-9,12-13,16-19,26H,10-11,14-15H2,1H3/t17?,18-,19+. The summed E-state index contributed by atoms with van der Waals surface area (Å²) in [4.78, 5) is 8.73. The second-order valence-electron chi connectivity index (χ2n) is 8.57. The van der Waals surface area contributed by atoms with Crippen molar-refractivity contribution in [2.24, 2.45) is 0 Å². The van der Waals surface area contributed by atoms with Crippen molar-refractivity contribution in [1.29, 1.82) is 0 Å². The van der Waals surface area contributed by atoms with Crippen LogP contribution in [-0.2, 0) is 0 Å². The minimum atomic E-state index is 0.0766. The van der Waals surface area contributed by atoms with Gasteiger partial charge in [0.2, 0.25) is 0 Å². The Morgan fingerprint density at radius 3 is 1.94 bits per heavy atom. The minimum Gasteiger partial charge on any atom is -0.286 e. The van der Waals surface area contributed by atoms with E-state index in [0.29, 0.717) is 18.0 Å². The molecule has 3 aromatic rings. The summed E-state index contributed by atoms with van der Waals surface area (Å²) in [6, 6.07) is 22.0. The van der Waals surface area contributed by atoms with Gasteiger partial charge in [-0.05, 0) is 67.3 Å². The number of hydrogen-bond acceptors (Lipinski definition) is 3. The maximum atomic E-state index is 6.73. The fourth-order valence-electron chi connectivity index (χ4n) is 5.51. The number of rotatable bonds is 5. The van der Waals surface area contributed by atoms with Crippen LogP contribution in [0.15, 0.2) is 71.8 Å². The van der Waals surface area contributed by atoms with Crippen molar-refractivity contribution >= 4 is 35.0 Å². The molecule has 2 saturated heterocycles. The first kappa shape index (κ1) is 21.3. The molecule has 0 saturated carbocycles. The predicted molar refractivity (Wildman–Crippen MR) is 131 cm³/mol. The molecule has 3 atom stereocenters. The molecule has 0 N–H and O–H groups in total. The predicted octanol–water partition coefficient (Wildman–Crippen LogP) is 7.61. The van der Waals surface area contributed by atoms with Gasteiger partial charge in [-0.15, -0.1) is 11.8 Å². The number of hydrogen-bond donors (Lipinski definition) is 0. The number of pyridine rings is 1. The SMILES string of the molecule is CSc1ccc(C2C[C@H]3CC[C@@H](C2)N3C(c2ccccc2Cl)c2ccccc2Cl)nc1. The minimum absolute atomic E-state index is 0.0766. The third kappa shape index (κ3) is 4.14. The zero-order valence-corrected chi connectivity index (χ0v) is 19.9. The van der Waals surface area contributed by atoms with Gasteiger partial charge in [-0.25, -0.2) is 0 Å². The lowest BCUT2D eigenvalue weighted by molar-refractivity contribution is 0.0926. The lowest BCUT2D eigenvalue weighted by Crippen LogP contribution is -2.45. The molecule has 0 spiro atoms. The van der Waals surface area contributed by atoms with Crippen LogP contribution < -0.4 is 0 Å². The fraction of sp³-hybridized carbons (Fsp3) is 0.346. The Bertz CT molecular complexity index is 996. The average molecular weight is 469 g/mol. The van der Waals surface area contributed by atoms with Gasteiger partial charge in [0.15, 0.2) is 0 Å². The Morgan fingerprint density at radius 2 is 1.45 bits per heavy atom. The highest BCUT2D eigenvalue weighted by Crippen LogP contribution is 2.50. The van der Waals surface area contributed by atoms with Gasteiger partial charge in [0.05, 0.1) is 6.04 Å². The monoisotopic (exact) mass is 468 g/mol. The van der Waals surface area contributed by atoms with Gasteiger partial charge in [0.25, 0.3) is 0 Å². The molecule has 1 unspecified atom stereocenters. The molecule has 2 aliphatic heterocycles. The van der Waals surface area contributed by atoms with Gasteiger partial charge in [-0.2, -0.15) is 0 Å². The van der Waals surface area contributed by atoms with Crippen LogP contribution in [0, 0.1) is 0 Å². The van der Waals surface area contributed by atoms with E-state index in [2.05, 4.69) is 47.6 Å². The average Bonchev–Trinajstić information content (AvgIpc) is 3.04. The van der Waals surface area contributed by atoms with Gasteiger partial charge in [-0.3, -0.25) is 9.88 Å². The van der Waals surface area contributed by atoms with Crippen molar-refractivity contribution in [2.75, 3.05) is 6.26 Å². The van der Waals surface area contributed by atoms with E-state index in [1.165, 1.54) is 23.4 Å². The summed E-state index contributed by atoms with van der Waals surface area (Å²) < 4.78 is 0. The summed E-state index contributed by atoms with van der Waals surface area (Å²) in [7, 11) is 0. The Balaban J connectivity index is 1.50. The third-order valence-corrected chi connectivity index (χ3v) is 8.30. The van der Waals surface area contributed by atoms with Crippen molar-refractivity contribution < 1.29 is 0 Å². The Morgan fingerprint density at radius 1 is 0.871 bits per heavy atom. The van der Waals surface area contributed by atoms with E-state index in [1.807, 2.05) is 30.5 Å². The first-order valence-corrected chi connectivity index (χ1v) is 12.9. The van der Waals surface area contributed by atoms with Crippen molar-refractivity contribution in [3.05, 3.63) is 93.7 Å². The van der Waals surface area contributed by atoms with Gasteiger partial charge < -0.3 is 0 Å². The second-order valence-corrected chi connectivity index (χ2v) is 10.3. The summed E-state index contributed by atoms with van der Waals surface area (Å²) in [5, 5.41) is 1.62. The van der Waals surface area contributed by atoms with E-state index < -0.39 is 0 Å². The first-order chi connectivity index (χ1) is 15.2. The Hall–Kier alpha value is -1.52. The summed E-state index contributed by atoms with van der Waals surface area (Å²) in [6.45, 7) is 0. The second kappa shape index (κ2) is 9.15. The topological polar surface area (TPSA) is 16.1 Å². The molecule has 2 nitrogen and oxygen atoms in total. The van der Waals surface area contributed by atoms with Gasteiger partial charge >= 0.3 is 0 Å². The largest absolute Gasteiger partial charge is 0.286 e. The molecule has 5 heteroatoms. The molecular formula is C26H26Cl2N2S. The van der Waals surface area contributed by atoms with Crippen LogP contribution >= 0.6 is 35.0 Å². The van der Waals surface area contributed by atoms with E-state index >= 15 is 0 Å². The molecular weight excluding hydrogens is 443 g/mol. The third-order valence-electron chi connectivity index (χ3n) is 6.90. The number of aromatic nitrogens is 1. The van der Waals surface area contributed by atoms with Gasteiger partial charge in [0, 0.05) is 44.8 Å². The molecule has 2 fully saturated rings. The van der Waals surface area contributed by atoms with E-state index in [-0.39, 0.29) is 6.04 Å². The maximum Gasteiger partial charge on any atom is 0.0636 e. The summed E-state index contributed by atoms with van der Waals surface area (Å²) in [6.07, 6.45) is 8.81. The van der Waals surface area contributed by atoms with E-state index in [1.54, 1.807) is 11.8 Å². The molecule has 2 aromatic carbocycles. The molecule has 31 heavy (non-hydrogen) atoms.